The van der Waals surface area contributed by atoms with Crippen LogP contribution in [0.4, 0.5) is 15.8 Å². The molecule has 0 aliphatic rings. The molecule has 21 heavy (non-hydrogen) atoms. The molecule has 0 aliphatic carbocycles. The number of pyridine rings is 1. The number of hydrogen-bond acceptors (Lipinski definition) is 5. The number of nitro groups is 1. The lowest BCUT2D eigenvalue weighted by molar-refractivity contribution is -0.385. The Balaban J connectivity index is 2.25. The van der Waals surface area contributed by atoms with Crippen LogP contribution in [0.25, 0.3) is 0 Å². The second-order valence-corrected chi connectivity index (χ2v) is 4.42. The number of nitrogens with one attached hydrogen (secondary N) is 1. The number of anilines is 1. The van der Waals surface area contributed by atoms with E-state index in [1.165, 1.54) is 13.2 Å². The van der Waals surface area contributed by atoms with Gasteiger partial charge in [0.05, 0.1) is 23.8 Å². The Labute approximate surface area is 120 Å². The van der Waals surface area contributed by atoms with Crippen LogP contribution in [0.1, 0.15) is 11.1 Å². The van der Waals surface area contributed by atoms with Gasteiger partial charge in [-0.05, 0) is 24.1 Å². The first-order valence-corrected chi connectivity index (χ1v) is 6.18. The monoisotopic (exact) mass is 291 g/mol. The summed E-state index contributed by atoms with van der Waals surface area (Å²) >= 11 is 0. The number of benzene rings is 1. The van der Waals surface area contributed by atoms with E-state index in [2.05, 4.69) is 10.3 Å². The summed E-state index contributed by atoms with van der Waals surface area (Å²) in [6, 6.07) is 3.95. The summed E-state index contributed by atoms with van der Waals surface area (Å²) in [5, 5.41) is 13.7. The van der Waals surface area contributed by atoms with Crippen molar-refractivity contribution in [3.63, 3.8) is 0 Å². The van der Waals surface area contributed by atoms with Gasteiger partial charge in [-0.3, -0.25) is 15.1 Å². The quantitative estimate of drug-likeness (QED) is 0.676. The normalized spacial score (nSPS) is 10.2. The number of ether oxygens (including phenoxy) is 1. The van der Waals surface area contributed by atoms with E-state index in [1.807, 2.05) is 13.0 Å². The number of nitro benzene ring substituents is 1. The van der Waals surface area contributed by atoms with Crippen LogP contribution in [0.5, 0.6) is 5.75 Å². The molecule has 0 atom stereocenters. The van der Waals surface area contributed by atoms with E-state index >= 15 is 0 Å². The van der Waals surface area contributed by atoms with Crippen LogP contribution in [0.3, 0.4) is 0 Å². The standard InChI is InChI=1S/C14H14FN3O3/c1-9-7-16-4-3-10(9)8-17-12-6-14(21-2)13(18(19)20)5-11(12)15/h3-7,17H,8H2,1-2H3. The van der Waals surface area contributed by atoms with Crippen LogP contribution in [0.2, 0.25) is 0 Å². The van der Waals surface area contributed by atoms with Crippen LogP contribution < -0.4 is 10.1 Å². The highest BCUT2D eigenvalue weighted by Crippen LogP contribution is 2.32. The minimum atomic E-state index is -0.700. The van der Waals surface area contributed by atoms with Crippen molar-refractivity contribution in [2.24, 2.45) is 0 Å². The zero-order valence-corrected chi connectivity index (χ0v) is 11.6. The highest BCUT2D eigenvalue weighted by Gasteiger charge is 2.19. The molecule has 0 unspecified atom stereocenters. The van der Waals surface area contributed by atoms with Crippen LogP contribution in [-0.4, -0.2) is 17.0 Å². The Kier molecular flexibility index (Phi) is 4.32. The first kappa shape index (κ1) is 14.7. The van der Waals surface area contributed by atoms with Gasteiger partial charge in [0.2, 0.25) is 0 Å². The molecule has 7 heteroatoms. The van der Waals surface area contributed by atoms with E-state index in [0.717, 1.165) is 17.2 Å². The first-order valence-electron chi connectivity index (χ1n) is 6.18. The number of hydrogen-bond donors (Lipinski definition) is 1. The Hall–Kier alpha value is -2.70. The fourth-order valence-electron chi connectivity index (χ4n) is 1.88. The molecule has 1 heterocycles. The second-order valence-electron chi connectivity index (χ2n) is 4.42. The van der Waals surface area contributed by atoms with Gasteiger partial charge in [-0.2, -0.15) is 0 Å². The summed E-state index contributed by atoms with van der Waals surface area (Å²) in [5.74, 6) is -0.690. The highest BCUT2D eigenvalue weighted by atomic mass is 19.1. The molecular formula is C14H14FN3O3. The predicted octanol–water partition coefficient (Wildman–Crippen LogP) is 3.06. The topological polar surface area (TPSA) is 77.3 Å². The average Bonchev–Trinajstić information content (AvgIpc) is 2.47. The maximum atomic E-state index is 13.9. The molecule has 0 bridgehead atoms. The zero-order chi connectivity index (χ0) is 15.4. The molecule has 2 aromatic rings. The van der Waals surface area contributed by atoms with E-state index in [1.54, 1.807) is 12.4 Å². The van der Waals surface area contributed by atoms with E-state index in [4.69, 9.17) is 4.74 Å². The summed E-state index contributed by atoms with van der Waals surface area (Å²) < 4.78 is 18.8. The predicted molar refractivity (Wildman–Crippen MR) is 75.9 cm³/mol. The zero-order valence-electron chi connectivity index (χ0n) is 11.6. The molecule has 0 fully saturated rings. The SMILES string of the molecule is COc1cc(NCc2ccncc2C)c(F)cc1[N+](=O)[O-]. The van der Waals surface area contributed by atoms with E-state index < -0.39 is 16.4 Å². The van der Waals surface area contributed by atoms with Crippen molar-refractivity contribution in [2.45, 2.75) is 13.5 Å². The Morgan fingerprint density at radius 3 is 2.86 bits per heavy atom. The fourth-order valence-corrected chi connectivity index (χ4v) is 1.88. The molecule has 0 radical (unpaired) electrons. The lowest BCUT2D eigenvalue weighted by Gasteiger charge is -2.11. The number of nitrogens with zero attached hydrogens (tertiary/aromatic N) is 2. The number of aromatic nitrogens is 1. The molecule has 1 aromatic heterocycles. The minimum Gasteiger partial charge on any atom is -0.490 e. The molecule has 0 saturated heterocycles. The van der Waals surface area contributed by atoms with Crippen molar-refractivity contribution in [2.75, 3.05) is 12.4 Å². The van der Waals surface area contributed by atoms with E-state index in [9.17, 15) is 14.5 Å². The fraction of sp³-hybridized carbons (Fsp3) is 0.214. The maximum absolute atomic E-state index is 13.9. The number of halogens is 1. The van der Waals surface area contributed by atoms with Gasteiger partial charge < -0.3 is 10.1 Å². The summed E-state index contributed by atoms with van der Waals surface area (Å²) in [6.07, 6.45) is 3.36. The molecule has 1 aromatic carbocycles. The third-order valence-electron chi connectivity index (χ3n) is 3.07. The summed E-state index contributed by atoms with van der Waals surface area (Å²) in [5.41, 5.74) is 1.68. The highest BCUT2D eigenvalue weighted by molar-refractivity contribution is 5.59. The van der Waals surface area contributed by atoms with Crippen molar-refractivity contribution in [3.8, 4) is 5.75 Å². The summed E-state index contributed by atoms with van der Waals surface area (Å²) in [6.45, 7) is 2.28. The Morgan fingerprint density at radius 2 is 2.24 bits per heavy atom. The van der Waals surface area contributed by atoms with Gasteiger partial charge in [0, 0.05) is 25.0 Å². The van der Waals surface area contributed by atoms with E-state index in [0.29, 0.717) is 6.54 Å². The van der Waals surface area contributed by atoms with Crippen molar-refractivity contribution < 1.29 is 14.1 Å². The van der Waals surface area contributed by atoms with Crippen molar-refractivity contribution >= 4 is 11.4 Å². The average molecular weight is 291 g/mol. The van der Waals surface area contributed by atoms with Crippen LogP contribution in [-0.2, 0) is 6.54 Å². The van der Waals surface area contributed by atoms with Gasteiger partial charge >= 0.3 is 5.69 Å². The number of aryl methyl sites for hydroxylation is 1. The first-order chi connectivity index (χ1) is 10.0. The number of rotatable bonds is 5. The van der Waals surface area contributed by atoms with Crippen molar-refractivity contribution in [1.82, 2.24) is 4.98 Å². The largest absolute Gasteiger partial charge is 0.490 e. The molecule has 0 saturated carbocycles. The molecule has 110 valence electrons. The lowest BCUT2D eigenvalue weighted by Crippen LogP contribution is -2.05. The van der Waals surface area contributed by atoms with Crippen LogP contribution in [0, 0.1) is 22.9 Å². The van der Waals surface area contributed by atoms with Crippen LogP contribution >= 0.6 is 0 Å². The van der Waals surface area contributed by atoms with Gasteiger partial charge in [-0.25, -0.2) is 4.39 Å². The van der Waals surface area contributed by atoms with E-state index in [-0.39, 0.29) is 11.4 Å². The second kappa shape index (κ2) is 6.17. The van der Waals surface area contributed by atoms with Crippen molar-refractivity contribution in [3.05, 3.63) is 57.7 Å². The minimum absolute atomic E-state index is 0.00958. The molecule has 0 spiro atoms. The smallest absolute Gasteiger partial charge is 0.313 e. The third kappa shape index (κ3) is 3.25. The molecule has 1 N–H and O–H groups in total. The Morgan fingerprint density at radius 1 is 1.48 bits per heavy atom. The van der Waals surface area contributed by atoms with Gasteiger partial charge in [0.25, 0.3) is 0 Å². The number of methoxy groups -OCH3 is 1. The molecule has 6 nitrogen and oxygen atoms in total. The molecule has 2 rings (SSSR count). The van der Waals surface area contributed by atoms with Crippen LogP contribution in [0.15, 0.2) is 30.6 Å². The van der Waals surface area contributed by atoms with Gasteiger partial charge in [-0.15, -0.1) is 0 Å². The third-order valence-corrected chi connectivity index (χ3v) is 3.07. The van der Waals surface area contributed by atoms with Gasteiger partial charge in [0.15, 0.2) is 11.6 Å². The van der Waals surface area contributed by atoms with Crippen molar-refractivity contribution in [1.29, 1.82) is 0 Å². The molecular weight excluding hydrogens is 277 g/mol. The molecule has 0 amide bonds. The molecule has 0 aliphatic heterocycles. The Bertz CT molecular complexity index is 677. The summed E-state index contributed by atoms with van der Waals surface area (Å²) in [7, 11) is 1.30. The van der Waals surface area contributed by atoms with Gasteiger partial charge in [0.1, 0.15) is 0 Å². The summed E-state index contributed by atoms with van der Waals surface area (Å²) in [4.78, 5) is 14.1. The van der Waals surface area contributed by atoms with Gasteiger partial charge in [-0.1, -0.05) is 0 Å². The maximum Gasteiger partial charge on any atom is 0.313 e. The lowest BCUT2D eigenvalue weighted by atomic mass is 10.1.